The minimum Gasteiger partial charge on any atom is -0.504 e. The summed E-state index contributed by atoms with van der Waals surface area (Å²) in [6.45, 7) is 4.22. The van der Waals surface area contributed by atoms with Crippen molar-refractivity contribution in [1.29, 1.82) is 0 Å². The number of rotatable bonds is 6. The number of benzene rings is 2. The normalized spacial score (nSPS) is 11.3. The first-order chi connectivity index (χ1) is 10.8. The van der Waals surface area contributed by atoms with E-state index in [1.54, 1.807) is 35.7 Å². The van der Waals surface area contributed by atoms with E-state index in [-0.39, 0.29) is 15.6 Å². The highest BCUT2D eigenvalue weighted by Crippen LogP contribution is 2.47. The fourth-order valence-corrected chi connectivity index (χ4v) is 4.51. The molecule has 0 aliphatic carbocycles. The zero-order valence-electron chi connectivity index (χ0n) is 13.5. The largest absolute Gasteiger partial charge is 0.504 e. The summed E-state index contributed by atoms with van der Waals surface area (Å²) in [5.41, 5.74) is 0. The van der Waals surface area contributed by atoms with Gasteiger partial charge in [-0.1, -0.05) is 0 Å². The van der Waals surface area contributed by atoms with Crippen LogP contribution in [0.25, 0.3) is 0 Å². The van der Waals surface area contributed by atoms with Crippen LogP contribution >= 0.6 is 23.5 Å². The summed E-state index contributed by atoms with van der Waals surface area (Å²) in [6.07, 6.45) is 0. The Kier molecular flexibility index (Phi) is 5.59. The van der Waals surface area contributed by atoms with E-state index in [0.29, 0.717) is 11.5 Å². The number of methoxy groups -OCH3 is 2. The highest BCUT2D eigenvalue weighted by atomic mass is 32.2. The maximum absolute atomic E-state index is 9.68. The molecule has 0 fully saturated rings. The Morgan fingerprint density at radius 2 is 1.17 bits per heavy atom. The second-order valence-corrected chi connectivity index (χ2v) is 8.92. The van der Waals surface area contributed by atoms with Gasteiger partial charge in [0.15, 0.2) is 23.0 Å². The molecule has 0 atom stereocenters. The Morgan fingerprint density at radius 1 is 0.783 bits per heavy atom. The van der Waals surface area contributed by atoms with Crippen molar-refractivity contribution >= 4 is 23.5 Å². The third-order valence-electron chi connectivity index (χ3n) is 3.03. The second-order valence-electron chi connectivity index (χ2n) is 5.27. The van der Waals surface area contributed by atoms with Crippen LogP contribution in [0.3, 0.4) is 0 Å². The first-order valence-electron chi connectivity index (χ1n) is 6.96. The Labute approximate surface area is 144 Å². The molecule has 0 heterocycles. The van der Waals surface area contributed by atoms with Crippen LogP contribution in [0.1, 0.15) is 13.8 Å². The molecule has 2 aromatic carbocycles. The molecular weight excluding hydrogens is 332 g/mol. The van der Waals surface area contributed by atoms with Crippen molar-refractivity contribution < 1.29 is 19.7 Å². The molecule has 0 aliphatic rings. The van der Waals surface area contributed by atoms with E-state index in [0.717, 1.165) is 9.79 Å². The lowest BCUT2D eigenvalue weighted by atomic mass is 10.3. The number of hydrogen-bond acceptors (Lipinski definition) is 6. The van der Waals surface area contributed by atoms with Crippen LogP contribution in [0.15, 0.2) is 46.2 Å². The lowest BCUT2D eigenvalue weighted by molar-refractivity contribution is 0.372. The van der Waals surface area contributed by atoms with Crippen LogP contribution in [0, 0.1) is 0 Å². The van der Waals surface area contributed by atoms with Crippen LogP contribution < -0.4 is 9.47 Å². The summed E-state index contributed by atoms with van der Waals surface area (Å²) in [7, 11) is 3.07. The van der Waals surface area contributed by atoms with E-state index in [2.05, 4.69) is 13.8 Å². The minimum absolute atomic E-state index is 0.130. The summed E-state index contributed by atoms with van der Waals surface area (Å²) < 4.78 is 10.1. The molecule has 0 aromatic heterocycles. The fourth-order valence-electron chi connectivity index (χ4n) is 2.03. The summed E-state index contributed by atoms with van der Waals surface area (Å²) in [5, 5.41) is 19.4. The van der Waals surface area contributed by atoms with Crippen molar-refractivity contribution in [2.75, 3.05) is 14.2 Å². The molecule has 6 heteroatoms. The van der Waals surface area contributed by atoms with Gasteiger partial charge < -0.3 is 19.7 Å². The first kappa shape index (κ1) is 17.7. The van der Waals surface area contributed by atoms with Crippen LogP contribution in [0.5, 0.6) is 23.0 Å². The van der Waals surface area contributed by atoms with Crippen molar-refractivity contribution in [3.05, 3.63) is 36.4 Å². The van der Waals surface area contributed by atoms with Gasteiger partial charge in [0.25, 0.3) is 0 Å². The molecular formula is C17H20O4S2. The van der Waals surface area contributed by atoms with Gasteiger partial charge in [0, 0.05) is 9.79 Å². The summed E-state index contributed by atoms with van der Waals surface area (Å²) in [4.78, 5) is 2.01. The smallest absolute Gasteiger partial charge is 0.161 e. The molecule has 23 heavy (non-hydrogen) atoms. The second kappa shape index (κ2) is 7.27. The molecule has 0 aliphatic heterocycles. The minimum atomic E-state index is -0.163. The van der Waals surface area contributed by atoms with Crippen molar-refractivity contribution in [3.63, 3.8) is 0 Å². The maximum Gasteiger partial charge on any atom is 0.161 e. The summed E-state index contributed by atoms with van der Waals surface area (Å²) in [6, 6.07) is 10.6. The molecule has 0 amide bonds. The predicted octanol–water partition coefficient (Wildman–Crippen LogP) is 4.74. The van der Waals surface area contributed by atoms with E-state index >= 15 is 0 Å². The van der Waals surface area contributed by atoms with E-state index in [1.165, 1.54) is 14.2 Å². The Morgan fingerprint density at radius 3 is 1.52 bits per heavy atom. The molecule has 0 saturated carbocycles. The highest BCUT2D eigenvalue weighted by Gasteiger charge is 2.22. The monoisotopic (exact) mass is 352 g/mol. The van der Waals surface area contributed by atoms with Crippen molar-refractivity contribution in [2.45, 2.75) is 27.7 Å². The predicted molar refractivity (Wildman–Crippen MR) is 95.1 cm³/mol. The van der Waals surface area contributed by atoms with Gasteiger partial charge in [-0.25, -0.2) is 0 Å². The molecule has 2 N–H and O–H groups in total. The van der Waals surface area contributed by atoms with Crippen molar-refractivity contribution in [3.8, 4) is 23.0 Å². The molecule has 2 aromatic rings. The molecule has 0 unspecified atom stereocenters. The summed E-state index contributed by atoms with van der Waals surface area (Å²) in [5.74, 6) is 1.18. The molecule has 2 rings (SSSR count). The number of ether oxygens (including phenoxy) is 2. The maximum atomic E-state index is 9.68. The standard InChI is InChI=1S/C17H20O4S2/c1-17(2,22-11-5-7-13(18)15(9-11)20-3)23-12-6-8-14(19)16(10-12)21-4/h5-10,18-19H,1-4H3. The highest BCUT2D eigenvalue weighted by molar-refractivity contribution is 8.18. The first-order valence-corrected chi connectivity index (χ1v) is 8.60. The fraction of sp³-hybridized carbons (Fsp3) is 0.294. The van der Waals surface area contributed by atoms with Crippen LogP contribution in [-0.4, -0.2) is 28.5 Å². The Bertz CT molecular complexity index is 629. The zero-order chi connectivity index (χ0) is 17.0. The van der Waals surface area contributed by atoms with Crippen LogP contribution in [0.2, 0.25) is 0 Å². The van der Waals surface area contributed by atoms with Gasteiger partial charge in [-0.2, -0.15) is 0 Å². The van der Waals surface area contributed by atoms with Gasteiger partial charge in [-0.15, -0.1) is 23.5 Å². The molecule has 0 radical (unpaired) electrons. The average molecular weight is 352 g/mol. The SMILES string of the molecule is COc1cc(SC(C)(C)Sc2ccc(O)c(OC)c2)ccc1O. The van der Waals surface area contributed by atoms with E-state index in [1.807, 2.05) is 24.3 Å². The number of phenols is 2. The van der Waals surface area contributed by atoms with Gasteiger partial charge in [0.2, 0.25) is 0 Å². The number of thioether (sulfide) groups is 2. The van der Waals surface area contributed by atoms with E-state index in [4.69, 9.17) is 9.47 Å². The Balaban J connectivity index is 2.15. The van der Waals surface area contributed by atoms with E-state index < -0.39 is 0 Å². The zero-order valence-corrected chi connectivity index (χ0v) is 15.1. The average Bonchev–Trinajstić information content (AvgIpc) is 2.50. The number of phenolic OH excluding ortho intramolecular Hbond substituents is 2. The van der Waals surface area contributed by atoms with Crippen LogP contribution in [0.4, 0.5) is 0 Å². The molecule has 0 saturated heterocycles. The van der Waals surface area contributed by atoms with Crippen LogP contribution in [-0.2, 0) is 0 Å². The molecule has 0 bridgehead atoms. The van der Waals surface area contributed by atoms with Gasteiger partial charge in [-0.05, 0) is 50.2 Å². The lowest BCUT2D eigenvalue weighted by Crippen LogP contribution is -2.08. The number of aromatic hydroxyl groups is 2. The third kappa shape index (κ3) is 4.65. The van der Waals surface area contributed by atoms with Gasteiger partial charge in [-0.3, -0.25) is 0 Å². The number of hydrogen-bond donors (Lipinski definition) is 2. The topological polar surface area (TPSA) is 58.9 Å². The molecule has 0 spiro atoms. The lowest BCUT2D eigenvalue weighted by Gasteiger charge is -2.24. The summed E-state index contributed by atoms with van der Waals surface area (Å²) >= 11 is 3.33. The van der Waals surface area contributed by atoms with E-state index in [9.17, 15) is 10.2 Å². The van der Waals surface area contributed by atoms with Crippen molar-refractivity contribution in [1.82, 2.24) is 0 Å². The van der Waals surface area contributed by atoms with Gasteiger partial charge >= 0.3 is 0 Å². The molecule has 4 nitrogen and oxygen atoms in total. The quantitative estimate of drug-likeness (QED) is 0.579. The van der Waals surface area contributed by atoms with Crippen molar-refractivity contribution in [2.24, 2.45) is 0 Å². The Hall–Kier alpha value is -1.66. The molecule has 124 valence electrons. The van der Waals surface area contributed by atoms with Gasteiger partial charge in [0.05, 0.1) is 18.3 Å². The van der Waals surface area contributed by atoms with Gasteiger partial charge in [0.1, 0.15) is 0 Å². The third-order valence-corrected chi connectivity index (χ3v) is 5.49.